The van der Waals surface area contributed by atoms with E-state index < -0.39 is 0 Å². The van der Waals surface area contributed by atoms with Gasteiger partial charge in [-0.15, -0.1) is 0 Å². The topological polar surface area (TPSA) is 12.0 Å². The van der Waals surface area contributed by atoms with Gasteiger partial charge in [0.15, 0.2) is 0 Å². The van der Waals surface area contributed by atoms with Gasteiger partial charge < -0.3 is 5.32 Å². The van der Waals surface area contributed by atoms with Gasteiger partial charge in [-0.05, 0) is 49.1 Å². The molecule has 0 amide bonds. The zero-order valence-electron chi connectivity index (χ0n) is 11.7. The van der Waals surface area contributed by atoms with Gasteiger partial charge in [-0.2, -0.15) is 0 Å². The van der Waals surface area contributed by atoms with E-state index in [1.165, 1.54) is 22.9 Å². The Balaban J connectivity index is 2.26. The molecule has 0 saturated heterocycles. The van der Waals surface area contributed by atoms with Crippen molar-refractivity contribution in [1.29, 1.82) is 0 Å². The minimum Gasteiger partial charge on any atom is -0.378 e. The molecular weight excluding hydrogens is 237 g/mol. The molecule has 19 heavy (non-hydrogen) atoms. The fourth-order valence-electron chi connectivity index (χ4n) is 2.31. The predicted molar refractivity (Wildman–Crippen MR) is 79.0 cm³/mol. The van der Waals surface area contributed by atoms with Gasteiger partial charge in [0.25, 0.3) is 0 Å². The molecule has 0 bridgehead atoms. The van der Waals surface area contributed by atoms with Crippen LogP contribution in [0.5, 0.6) is 0 Å². The summed E-state index contributed by atoms with van der Waals surface area (Å²) in [4.78, 5) is 0. The molecule has 0 radical (unpaired) electrons. The van der Waals surface area contributed by atoms with Crippen molar-refractivity contribution >= 4 is 5.69 Å². The van der Waals surface area contributed by atoms with Crippen LogP contribution in [0.4, 0.5) is 10.1 Å². The van der Waals surface area contributed by atoms with Gasteiger partial charge in [-0.1, -0.05) is 37.3 Å². The van der Waals surface area contributed by atoms with E-state index in [4.69, 9.17) is 0 Å². The minimum atomic E-state index is -0.188. The van der Waals surface area contributed by atoms with Gasteiger partial charge in [-0.3, -0.25) is 0 Å². The van der Waals surface area contributed by atoms with Crippen LogP contribution in [0.2, 0.25) is 0 Å². The van der Waals surface area contributed by atoms with Gasteiger partial charge in [0.2, 0.25) is 0 Å². The molecule has 2 aromatic carbocycles. The summed E-state index contributed by atoms with van der Waals surface area (Å²) in [6.07, 6.45) is 0.986. The molecule has 1 N–H and O–H groups in total. The highest BCUT2D eigenvalue weighted by atomic mass is 19.1. The van der Waals surface area contributed by atoms with Gasteiger partial charge in [0, 0.05) is 11.7 Å². The third-order valence-electron chi connectivity index (χ3n) is 3.45. The first-order chi connectivity index (χ1) is 9.11. The van der Waals surface area contributed by atoms with Crippen LogP contribution in [-0.4, -0.2) is 0 Å². The third-order valence-corrected chi connectivity index (χ3v) is 3.45. The summed E-state index contributed by atoms with van der Waals surface area (Å²) < 4.78 is 13.3. The summed E-state index contributed by atoms with van der Waals surface area (Å²) in [5, 5.41) is 3.51. The number of anilines is 1. The molecule has 0 saturated carbocycles. The van der Waals surface area contributed by atoms with Gasteiger partial charge in [0.05, 0.1) is 0 Å². The van der Waals surface area contributed by atoms with E-state index in [-0.39, 0.29) is 11.9 Å². The number of aryl methyl sites for hydroxylation is 2. The smallest absolute Gasteiger partial charge is 0.123 e. The largest absolute Gasteiger partial charge is 0.378 e. The van der Waals surface area contributed by atoms with Crippen LogP contribution < -0.4 is 5.32 Å². The first-order valence-corrected chi connectivity index (χ1v) is 6.72. The monoisotopic (exact) mass is 257 g/mol. The molecule has 2 rings (SSSR count). The fourth-order valence-corrected chi connectivity index (χ4v) is 2.31. The first-order valence-electron chi connectivity index (χ1n) is 6.72. The van der Waals surface area contributed by atoms with E-state index in [2.05, 4.69) is 44.3 Å². The number of halogens is 1. The normalized spacial score (nSPS) is 12.2. The zero-order valence-corrected chi connectivity index (χ0v) is 11.7. The molecule has 1 atom stereocenters. The van der Waals surface area contributed by atoms with E-state index in [1.54, 1.807) is 12.1 Å². The maximum absolute atomic E-state index is 13.3. The molecule has 2 heteroatoms. The van der Waals surface area contributed by atoms with Crippen LogP contribution in [0.25, 0.3) is 0 Å². The lowest BCUT2D eigenvalue weighted by atomic mass is 10.0. The summed E-state index contributed by atoms with van der Waals surface area (Å²) in [5.41, 5.74) is 4.65. The molecule has 1 unspecified atom stereocenters. The maximum atomic E-state index is 13.3. The van der Waals surface area contributed by atoms with Crippen molar-refractivity contribution in [3.05, 3.63) is 65.0 Å². The lowest BCUT2D eigenvalue weighted by Crippen LogP contribution is -2.09. The second-order valence-electron chi connectivity index (χ2n) is 4.88. The third kappa shape index (κ3) is 3.14. The SMILES string of the molecule is CCc1cccc(C)c1NC(C)c1cccc(F)c1. The van der Waals surface area contributed by atoms with Crippen LogP contribution in [-0.2, 0) is 6.42 Å². The molecule has 0 spiro atoms. The Morgan fingerprint density at radius 2 is 1.89 bits per heavy atom. The molecule has 0 aliphatic carbocycles. The second kappa shape index (κ2) is 5.87. The summed E-state index contributed by atoms with van der Waals surface area (Å²) in [7, 11) is 0. The molecule has 0 aliphatic rings. The molecule has 0 aromatic heterocycles. The number of rotatable bonds is 4. The highest BCUT2D eigenvalue weighted by Crippen LogP contribution is 2.26. The van der Waals surface area contributed by atoms with Crippen LogP contribution in [0.3, 0.4) is 0 Å². The molecule has 2 aromatic rings. The zero-order chi connectivity index (χ0) is 13.8. The maximum Gasteiger partial charge on any atom is 0.123 e. The number of para-hydroxylation sites is 1. The van der Waals surface area contributed by atoms with Crippen molar-refractivity contribution in [3.8, 4) is 0 Å². The standard InChI is InChI=1S/C17H20FN/c1-4-14-8-5-7-12(2)17(14)19-13(3)15-9-6-10-16(18)11-15/h5-11,13,19H,4H2,1-3H3. The second-order valence-corrected chi connectivity index (χ2v) is 4.88. The number of nitrogens with one attached hydrogen (secondary N) is 1. The molecule has 100 valence electrons. The van der Waals surface area contributed by atoms with Crippen molar-refractivity contribution in [2.75, 3.05) is 5.32 Å². The summed E-state index contributed by atoms with van der Waals surface area (Å²) in [6, 6.07) is 13.1. The predicted octanol–water partition coefficient (Wildman–Crippen LogP) is 4.87. The lowest BCUT2D eigenvalue weighted by molar-refractivity contribution is 0.623. The fraction of sp³-hybridized carbons (Fsp3) is 0.294. The van der Waals surface area contributed by atoms with Crippen molar-refractivity contribution in [2.24, 2.45) is 0 Å². The number of hydrogen-bond donors (Lipinski definition) is 1. The Bertz CT molecular complexity index is 563. The summed E-state index contributed by atoms with van der Waals surface area (Å²) in [6.45, 7) is 6.30. The van der Waals surface area contributed by atoms with Crippen LogP contribution >= 0.6 is 0 Å². The Labute approximate surface area is 114 Å². The summed E-state index contributed by atoms with van der Waals surface area (Å²) in [5.74, 6) is -0.188. The Morgan fingerprint density at radius 1 is 1.16 bits per heavy atom. The van der Waals surface area contributed by atoms with Crippen molar-refractivity contribution in [3.63, 3.8) is 0 Å². The van der Waals surface area contributed by atoms with Gasteiger partial charge in [-0.25, -0.2) is 4.39 Å². The van der Waals surface area contributed by atoms with E-state index >= 15 is 0 Å². The number of hydrogen-bond acceptors (Lipinski definition) is 1. The highest BCUT2D eigenvalue weighted by molar-refractivity contribution is 5.58. The van der Waals surface area contributed by atoms with Crippen molar-refractivity contribution in [2.45, 2.75) is 33.2 Å². The Hall–Kier alpha value is -1.83. The van der Waals surface area contributed by atoms with Crippen LogP contribution in [0.1, 0.15) is 36.6 Å². The van der Waals surface area contributed by atoms with E-state index in [9.17, 15) is 4.39 Å². The van der Waals surface area contributed by atoms with Crippen LogP contribution in [0.15, 0.2) is 42.5 Å². The quantitative estimate of drug-likeness (QED) is 0.824. The van der Waals surface area contributed by atoms with E-state index in [0.717, 1.165) is 12.0 Å². The van der Waals surface area contributed by atoms with Crippen molar-refractivity contribution in [1.82, 2.24) is 0 Å². The van der Waals surface area contributed by atoms with Crippen molar-refractivity contribution < 1.29 is 4.39 Å². The molecule has 0 aliphatic heterocycles. The van der Waals surface area contributed by atoms with Crippen LogP contribution in [0, 0.1) is 12.7 Å². The van der Waals surface area contributed by atoms with E-state index in [0.29, 0.717) is 0 Å². The minimum absolute atomic E-state index is 0.0853. The average molecular weight is 257 g/mol. The Morgan fingerprint density at radius 3 is 2.58 bits per heavy atom. The van der Waals surface area contributed by atoms with E-state index in [1.807, 2.05) is 6.07 Å². The average Bonchev–Trinajstić information content (AvgIpc) is 2.41. The lowest BCUT2D eigenvalue weighted by Gasteiger charge is -2.20. The highest BCUT2D eigenvalue weighted by Gasteiger charge is 2.10. The van der Waals surface area contributed by atoms with Gasteiger partial charge in [0.1, 0.15) is 5.82 Å². The molecule has 1 nitrogen and oxygen atoms in total. The first kappa shape index (κ1) is 13.6. The van der Waals surface area contributed by atoms with Gasteiger partial charge >= 0.3 is 0 Å². The molecule has 0 fully saturated rings. The molecular formula is C17H20FN. The number of benzene rings is 2. The Kier molecular flexibility index (Phi) is 4.20. The summed E-state index contributed by atoms with van der Waals surface area (Å²) >= 11 is 0. The molecule has 0 heterocycles.